The van der Waals surface area contributed by atoms with Gasteiger partial charge in [0, 0.05) is 5.92 Å². The molecule has 3 aliphatic carbocycles. The minimum atomic E-state index is -1.46. The normalized spacial score (nSPS) is 36.4. The van der Waals surface area contributed by atoms with Crippen LogP contribution < -0.4 is 0 Å². The van der Waals surface area contributed by atoms with Gasteiger partial charge in [-0.15, -0.1) is 0 Å². The molecule has 3 rings (SSSR count). The minimum Gasteiger partial charge on any atom is -0.294 e. The Bertz CT molecular complexity index is 425. The zero-order valence-corrected chi connectivity index (χ0v) is 12.1. The Kier molecular flexibility index (Phi) is 2.48. The molecule has 0 N–H and O–H groups in total. The van der Waals surface area contributed by atoms with Gasteiger partial charge in [0.25, 0.3) is 0 Å². The molecule has 17 heavy (non-hydrogen) atoms. The summed E-state index contributed by atoms with van der Waals surface area (Å²) in [5.41, 5.74) is 1.58. The van der Waals surface area contributed by atoms with E-state index in [4.69, 9.17) is 0 Å². The highest BCUT2D eigenvalue weighted by Gasteiger charge is 2.49. The first-order chi connectivity index (χ1) is 8.00. The zero-order valence-electron chi connectivity index (χ0n) is 11.1. The van der Waals surface area contributed by atoms with Crippen molar-refractivity contribution < 1.29 is 4.79 Å². The average molecular weight is 246 g/mol. The van der Waals surface area contributed by atoms with Gasteiger partial charge in [-0.2, -0.15) is 0 Å². The largest absolute Gasteiger partial charge is 0.294 e. The molecule has 3 aliphatic rings. The van der Waals surface area contributed by atoms with E-state index in [1.165, 1.54) is 30.9 Å². The van der Waals surface area contributed by atoms with E-state index in [1.54, 1.807) is 5.57 Å². The Hall–Kier alpha value is -0.633. The average Bonchev–Trinajstić information content (AvgIpc) is 2.54. The molecular weight excluding hydrogens is 224 g/mol. The van der Waals surface area contributed by atoms with Crippen molar-refractivity contribution in [1.82, 2.24) is 0 Å². The highest BCUT2D eigenvalue weighted by Crippen LogP contribution is 2.52. The van der Waals surface area contributed by atoms with Crippen LogP contribution in [0.5, 0.6) is 0 Å². The molecule has 3 atom stereocenters. The van der Waals surface area contributed by atoms with Gasteiger partial charge in [0.15, 0.2) is 5.78 Å². The third-order valence-corrected chi connectivity index (χ3v) is 6.79. The Balaban J connectivity index is 2.12. The molecule has 0 radical (unpaired) electrons. The number of allylic oxidation sites excluding steroid dienone is 4. The predicted molar refractivity (Wildman–Crippen MR) is 73.5 cm³/mol. The van der Waals surface area contributed by atoms with Crippen molar-refractivity contribution in [2.24, 2.45) is 17.8 Å². The van der Waals surface area contributed by atoms with E-state index >= 15 is 0 Å². The molecule has 0 aromatic rings. The van der Waals surface area contributed by atoms with Crippen molar-refractivity contribution in [2.75, 3.05) is 0 Å². The van der Waals surface area contributed by atoms with E-state index in [0.717, 1.165) is 5.92 Å². The van der Waals surface area contributed by atoms with E-state index in [1.807, 2.05) is 0 Å². The van der Waals surface area contributed by atoms with Crippen molar-refractivity contribution in [3.8, 4) is 0 Å². The van der Waals surface area contributed by atoms with E-state index in [2.05, 4.69) is 31.8 Å². The van der Waals surface area contributed by atoms with E-state index in [9.17, 15) is 4.79 Å². The molecule has 2 heteroatoms. The van der Waals surface area contributed by atoms with Crippen molar-refractivity contribution in [3.05, 3.63) is 22.9 Å². The third kappa shape index (κ3) is 1.60. The molecule has 0 aromatic carbocycles. The second-order valence-corrected chi connectivity index (χ2v) is 11.9. The van der Waals surface area contributed by atoms with Crippen LogP contribution in [0.15, 0.2) is 22.9 Å². The maximum absolute atomic E-state index is 12.7. The Labute approximate surface area is 105 Å². The second kappa shape index (κ2) is 3.68. The van der Waals surface area contributed by atoms with Gasteiger partial charge in [-0.3, -0.25) is 4.79 Å². The first-order valence-corrected chi connectivity index (χ1v) is 10.4. The molecule has 0 aliphatic heterocycles. The molecule has 0 unspecified atom stereocenters. The number of hydrogen-bond acceptors (Lipinski definition) is 1. The van der Waals surface area contributed by atoms with Crippen LogP contribution in [0.2, 0.25) is 19.6 Å². The monoisotopic (exact) mass is 246 g/mol. The van der Waals surface area contributed by atoms with Crippen LogP contribution in [0.1, 0.15) is 25.7 Å². The van der Waals surface area contributed by atoms with Crippen molar-refractivity contribution in [1.29, 1.82) is 0 Å². The van der Waals surface area contributed by atoms with Gasteiger partial charge in [0.1, 0.15) is 0 Å². The van der Waals surface area contributed by atoms with Crippen LogP contribution in [-0.4, -0.2) is 13.9 Å². The summed E-state index contributed by atoms with van der Waals surface area (Å²) in [6.07, 6.45) is 9.52. The second-order valence-electron chi connectivity index (χ2n) is 6.88. The fourth-order valence-electron chi connectivity index (χ4n) is 4.20. The first kappa shape index (κ1) is 11.5. The molecule has 92 valence electrons. The molecule has 0 aromatic heterocycles. The topological polar surface area (TPSA) is 17.1 Å². The molecule has 1 fully saturated rings. The predicted octanol–water partition coefficient (Wildman–Crippen LogP) is 3.74. The lowest BCUT2D eigenvalue weighted by molar-refractivity contribution is -0.117. The smallest absolute Gasteiger partial charge is 0.162 e. The summed E-state index contributed by atoms with van der Waals surface area (Å²) in [7, 11) is -1.46. The zero-order chi connectivity index (χ0) is 12.2. The van der Waals surface area contributed by atoms with Gasteiger partial charge >= 0.3 is 0 Å². The summed E-state index contributed by atoms with van der Waals surface area (Å²) in [4.78, 5) is 12.7. The van der Waals surface area contributed by atoms with Gasteiger partial charge in [-0.1, -0.05) is 37.4 Å². The summed E-state index contributed by atoms with van der Waals surface area (Å²) < 4.78 is 0. The van der Waals surface area contributed by atoms with Gasteiger partial charge < -0.3 is 0 Å². The summed E-state index contributed by atoms with van der Waals surface area (Å²) in [5, 5.41) is 1.31. The van der Waals surface area contributed by atoms with Crippen molar-refractivity contribution in [2.45, 2.75) is 45.3 Å². The standard InChI is InChI=1S/C15H22OSi/c1-17(2,3)15-12-9-5-7-10-6-4-8-11(13(10)12)14(15)16/h4,8,10-11,13H,5-7,9H2,1-3H3/t10-,11-,13+/m0/s1. The SMILES string of the molecule is C[Si](C)(C)C1=C2CCC[C@@H]3CC=C[C@H](C1=O)[C@H]23. The summed E-state index contributed by atoms with van der Waals surface area (Å²) >= 11 is 0. The Morgan fingerprint density at radius 2 is 2.06 bits per heavy atom. The Morgan fingerprint density at radius 3 is 2.76 bits per heavy atom. The summed E-state index contributed by atoms with van der Waals surface area (Å²) in [6, 6.07) is 0. The molecule has 0 saturated heterocycles. The number of hydrogen-bond donors (Lipinski definition) is 0. The highest BCUT2D eigenvalue weighted by atomic mass is 28.3. The van der Waals surface area contributed by atoms with Crippen LogP contribution >= 0.6 is 0 Å². The first-order valence-electron chi connectivity index (χ1n) is 6.94. The van der Waals surface area contributed by atoms with E-state index in [-0.39, 0.29) is 5.92 Å². The maximum atomic E-state index is 12.7. The van der Waals surface area contributed by atoms with Gasteiger partial charge in [-0.05, 0) is 42.7 Å². The molecule has 0 spiro atoms. The van der Waals surface area contributed by atoms with Crippen LogP contribution in [0.4, 0.5) is 0 Å². The number of carbonyl (C=O) groups excluding carboxylic acids is 1. The van der Waals surface area contributed by atoms with E-state index in [0.29, 0.717) is 11.7 Å². The fraction of sp³-hybridized carbons (Fsp3) is 0.667. The number of ketones is 1. The molecule has 1 saturated carbocycles. The van der Waals surface area contributed by atoms with E-state index < -0.39 is 8.07 Å². The maximum Gasteiger partial charge on any atom is 0.162 e. The van der Waals surface area contributed by atoms with Gasteiger partial charge in [-0.25, -0.2) is 0 Å². The quantitative estimate of drug-likeness (QED) is 0.509. The number of Topliss-reactive ketones (excluding diaryl/α,β-unsaturated/α-hetero) is 1. The van der Waals surface area contributed by atoms with Crippen LogP contribution in [0.25, 0.3) is 0 Å². The van der Waals surface area contributed by atoms with Crippen molar-refractivity contribution >= 4 is 13.9 Å². The van der Waals surface area contributed by atoms with Crippen LogP contribution in [0.3, 0.4) is 0 Å². The molecule has 1 nitrogen and oxygen atoms in total. The highest BCUT2D eigenvalue weighted by molar-refractivity contribution is 6.87. The molecule has 0 amide bonds. The van der Waals surface area contributed by atoms with Crippen molar-refractivity contribution in [3.63, 3.8) is 0 Å². The molecule has 0 heterocycles. The number of carbonyl (C=O) groups is 1. The van der Waals surface area contributed by atoms with Crippen LogP contribution in [0, 0.1) is 17.8 Å². The summed E-state index contributed by atoms with van der Waals surface area (Å²) in [6.45, 7) is 6.99. The lowest BCUT2D eigenvalue weighted by atomic mass is 9.68. The minimum absolute atomic E-state index is 0.228. The lowest BCUT2D eigenvalue weighted by Gasteiger charge is -2.35. The van der Waals surface area contributed by atoms with Gasteiger partial charge in [0.05, 0.1) is 8.07 Å². The third-order valence-electron chi connectivity index (χ3n) is 4.72. The molecular formula is C15H22OSi. The molecule has 0 bridgehead atoms. The Morgan fingerprint density at radius 1 is 1.29 bits per heavy atom. The number of rotatable bonds is 1. The summed E-state index contributed by atoms with van der Waals surface area (Å²) in [5.74, 6) is 2.09. The lowest BCUT2D eigenvalue weighted by Crippen LogP contribution is -2.30. The van der Waals surface area contributed by atoms with Gasteiger partial charge in [0.2, 0.25) is 0 Å². The van der Waals surface area contributed by atoms with Crippen LogP contribution in [-0.2, 0) is 4.79 Å². The fourth-order valence-corrected chi connectivity index (χ4v) is 6.36.